The molecule has 1 atom stereocenters. The van der Waals surface area contributed by atoms with Gasteiger partial charge in [-0.1, -0.05) is 22.9 Å². The third-order valence-electron chi connectivity index (χ3n) is 2.03. The van der Waals surface area contributed by atoms with Gasteiger partial charge in [-0.2, -0.15) is 0 Å². The lowest BCUT2D eigenvalue weighted by Crippen LogP contribution is -2.21. The summed E-state index contributed by atoms with van der Waals surface area (Å²) in [5, 5.41) is 3.13. The highest BCUT2D eigenvalue weighted by atomic mass is 79.9. The standard InChI is InChI=1S/C11H14Br3NO/c1-7(5-15-2)6-16-11-9(13)3-8(12)4-10(11)14/h3-4,7,15H,5-6H2,1-2H3. The predicted octanol–water partition coefficient (Wildman–Crippen LogP) is 4.21. The fourth-order valence-electron chi connectivity index (χ4n) is 1.30. The first kappa shape index (κ1) is 14.5. The van der Waals surface area contributed by atoms with Crippen LogP contribution in [0.1, 0.15) is 6.92 Å². The highest BCUT2D eigenvalue weighted by Crippen LogP contribution is 2.36. The zero-order chi connectivity index (χ0) is 12.1. The summed E-state index contributed by atoms with van der Waals surface area (Å²) in [6.45, 7) is 3.79. The van der Waals surface area contributed by atoms with Crippen LogP contribution in [0, 0.1) is 5.92 Å². The van der Waals surface area contributed by atoms with E-state index in [1.165, 1.54) is 0 Å². The maximum atomic E-state index is 5.78. The van der Waals surface area contributed by atoms with Crippen molar-refractivity contribution >= 4 is 47.8 Å². The Kier molecular flexibility index (Phi) is 6.32. The van der Waals surface area contributed by atoms with E-state index in [0.717, 1.165) is 25.7 Å². The molecule has 0 aliphatic heterocycles. The highest BCUT2D eigenvalue weighted by Gasteiger charge is 2.10. The molecule has 1 rings (SSSR count). The summed E-state index contributed by atoms with van der Waals surface area (Å²) in [7, 11) is 1.95. The maximum absolute atomic E-state index is 5.78. The van der Waals surface area contributed by atoms with Crippen LogP contribution in [-0.4, -0.2) is 20.2 Å². The summed E-state index contributed by atoms with van der Waals surface area (Å²) in [6, 6.07) is 3.95. The summed E-state index contributed by atoms with van der Waals surface area (Å²) in [5.74, 6) is 1.33. The molecule has 0 saturated carbocycles. The SMILES string of the molecule is CNCC(C)COc1c(Br)cc(Br)cc1Br. The zero-order valence-electron chi connectivity index (χ0n) is 9.19. The first-order chi connectivity index (χ1) is 7.54. The monoisotopic (exact) mass is 413 g/mol. The molecule has 0 aliphatic rings. The Balaban J connectivity index is 2.67. The van der Waals surface area contributed by atoms with Gasteiger partial charge in [0.1, 0.15) is 5.75 Å². The van der Waals surface area contributed by atoms with Gasteiger partial charge < -0.3 is 10.1 Å². The predicted molar refractivity (Wildman–Crippen MR) is 78.1 cm³/mol. The van der Waals surface area contributed by atoms with Crippen molar-refractivity contribution < 1.29 is 4.74 Å². The molecule has 0 aromatic heterocycles. The van der Waals surface area contributed by atoms with E-state index < -0.39 is 0 Å². The summed E-state index contributed by atoms with van der Waals surface area (Å²) >= 11 is 10.4. The van der Waals surface area contributed by atoms with E-state index in [9.17, 15) is 0 Å². The van der Waals surface area contributed by atoms with Crippen LogP contribution in [0.2, 0.25) is 0 Å². The summed E-state index contributed by atoms with van der Waals surface area (Å²) in [6.07, 6.45) is 0. The van der Waals surface area contributed by atoms with Crippen LogP contribution in [0.5, 0.6) is 5.75 Å². The normalized spacial score (nSPS) is 12.6. The Labute approximate surface area is 122 Å². The summed E-state index contributed by atoms with van der Waals surface area (Å²) < 4.78 is 8.70. The quantitative estimate of drug-likeness (QED) is 0.777. The molecule has 0 spiro atoms. The molecule has 0 radical (unpaired) electrons. The second-order valence-corrected chi connectivity index (χ2v) is 6.30. The minimum Gasteiger partial charge on any atom is -0.491 e. The van der Waals surface area contributed by atoms with Crippen molar-refractivity contribution in [3.63, 3.8) is 0 Å². The molecule has 1 aromatic rings. The molecular formula is C11H14Br3NO. The van der Waals surface area contributed by atoms with Crippen LogP contribution >= 0.6 is 47.8 Å². The summed E-state index contributed by atoms with van der Waals surface area (Å²) in [4.78, 5) is 0. The van der Waals surface area contributed by atoms with Crippen LogP contribution in [0.4, 0.5) is 0 Å². The lowest BCUT2D eigenvalue weighted by atomic mass is 10.2. The van der Waals surface area contributed by atoms with E-state index in [1.807, 2.05) is 19.2 Å². The maximum Gasteiger partial charge on any atom is 0.147 e. The molecule has 16 heavy (non-hydrogen) atoms. The average Bonchev–Trinajstić information content (AvgIpc) is 2.16. The minimum atomic E-state index is 0.479. The molecule has 0 amide bonds. The van der Waals surface area contributed by atoms with Crippen molar-refractivity contribution in [1.82, 2.24) is 5.32 Å². The molecule has 0 fully saturated rings. The Hall–Kier alpha value is 0.420. The van der Waals surface area contributed by atoms with Gasteiger partial charge in [0.15, 0.2) is 0 Å². The molecule has 0 heterocycles. The van der Waals surface area contributed by atoms with Crippen LogP contribution in [0.25, 0.3) is 0 Å². The third-order valence-corrected chi connectivity index (χ3v) is 3.66. The van der Waals surface area contributed by atoms with Crippen LogP contribution in [0.3, 0.4) is 0 Å². The number of hydrogen-bond acceptors (Lipinski definition) is 2. The lowest BCUT2D eigenvalue weighted by molar-refractivity contribution is 0.255. The molecule has 0 saturated heterocycles. The lowest BCUT2D eigenvalue weighted by Gasteiger charge is -2.15. The molecule has 0 bridgehead atoms. The Bertz CT molecular complexity index is 334. The number of nitrogens with one attached hydrogen (secondary N) is 1. The second kappa shape index (κ2) is 6.99. The third kappa shape index (κ3) is 4.35. The van der Waals surface area contributed by atoms with Gasteiger partial charge in [-0.15, -0.1) is 0 Å². The topological polar surface area (TPSA) is 21.3 Å². The largest absolute Gasteiger partial charge is 0.491 e. The minimum absolute atomic E-state index is 0.479. The molecule has 2 nitrogen and oxygen atoms in total. The molecule has 5 heteroatoms. The second-order valence-electron chi connectivity index (χ2n) is 3.67. The van der Waals surface area contributed by atoms with Crippen LogP contribution < -0.4 is 10.1 Å². The van der Waals surface area contributed by atoms with Crippen molar-refractivity contribution in [2.45, 2.75) is 6.92 Å². The number of benzene rings is 1. The van der Waals surface area contributed by atoms with Crippen LogP contribution in [-0.2, 0) is 0 Å². The van der Waals surface area contributed by atoms with Crippen molar-refractivity contribution in [3.8, 4) is 5.75 Å². The van der Waals surface area contributed by atoms with E-state index in [2.05, 4.69) is 60.0 Å². The van der Waals surface area contributed by atoms with Crippen molar-refractivity contribution in [1.29, 1.82) is 0 Å². The van der Waals surface area contributed by atoms with Gasteiger partial charge in [-0.05, 0) is 51.0 Å². The van der Waals surface area contributed by atoms with Crippen molar-refractivity contribution in [2.24, 2.45) is 5.92 Å². The Morgan fingerprint density at radius 3 is 2.31 bits per heavy atom. The first-order valence-corrected chi connectivity index (χ1v) is 7.34. The van der Waals surface area contributed by atoms with Gasteiger partial charge in [-0.3, -0.25) is 0 Å². The van der Waals surface area contributed by atoms with Gasteiger partial charge in [0.05, 0.1) is 15.6 Å². The average molecular weight is 416 g/mol. The van der Waals surface area contributed by atoms with Gasteiger partial charge >= 0.3 is 0 Å². The highest BCUT2D eigenvalue weighted by molar-refractivity contribution is 9.11. The molecule has 90 valence electrons. The first-order valence-electron chi connectivity index (χ1n) is 4.96. The van der Waals surface area contributed by atoms with Gasteiger partial charge in [0.2, 0.25) is 0 Å². The van der Waals surface area contributed by atoms with Crippen molar-refractivity contribution in [3.05, 3.63) is 25.6 Å². The van der Waals surface area contributed by atoms with E-state index >= 15 is 0 Å². The smallest absolute Gasteiger partial charge is 0.147 e. The van der Waals surface area contributed by atoms with Gasteiger partial charge in [-0.25, -0.2) is 0 Å². The van der Waals surface area contributed by atoms with E-state index in [1.54, 1.807) is 0 Å². The van der Waals surface area contributed by atoms with Crippen molar-refractivity contribution in [2.75, 3.05) is 20.2 Å². The van der Waals surface area contributed by atoms with E-state index in [0.29, 0.717) is 12.5 Å². The number of ether oxygens (including phenoxy) is 1. The summed E-state index contributed by atoms with van der Waals surface area (Å²) in [5.41, 5.74) is 0. The number of rotatable bonds is 5. The van der Waals surface area contributed by atoms with Crippen LogP contribution in [0.15, 0.2) is 25.6 Å². The zero-order valence-corrected chi connectivity index (χ0v) is 13.9. The molecular weight excluding hydrogens is 402 g/mol. The fourth-order valence-corrected chi connectivity index (χ4v) is 3.79. The van der Waals surface area contributed by atoms with Gasteiger partial charge in [0, 0.05) is 16.9 Å². The molecule has 1 N–H and O–H groups in total. The number of halogens is 3. The molecule has 1 unspecified atom stereocenters. The Morgan fingerprint density at radius 2 is 1.81 bits per heavy atom. The molecule has 1 aromatic carbocycles. The Morgan fingerprint density at radius 1 is 1.25 bits per heavy atom. The fraction of sp³-hybridized carbons (Fsp3) is 0.455. The van der Waals surface area contributed by atoms with E-state index in [4.69, 9.17) is 4.74 Å². The molecule has 0 aliphatic carbocycles. The van der Waals surface area contributed by atoms with E-state index in [-0.39, 0.29) is 0 Å². The van der Waals surface area contributed by atoms with Gasteiger partial charge in [0.25, 0.3) is 0 Å². The number of hydrogen-bond donors (Lipinski definition) is 1.